The number of hydrogen-bond acceptors (Lipinski definition) is 7. The molecular weight excluding hydrogens is 439 g/mol. The van der Waals surface area contributed by atoms with Crippen molar-refractivity contribution in [3.63, 3.8) is 0 Å². The third kappa shape index (κ3) is 3.97. The molecule has 2 aromatic heterocycles. The lowest BCUT2D eigenvalue weighted by atomic mass is 10.1. The lowest BCUT2D eigenvalue weighted by molar-refractivity contribution is 0.0766. The highest BCUT2D eigenvalue weighted by molar-refractivity contribution is 5.84. The lowest BCUT2D eigenvalue weighted by Gasteiger charge is -2.37. The summed E-state index contributed by atoms with van der Waals surface area (Å²) >= 11 is 0. The maximum Gasteiger partial charge on any atom is 0.261 e. The first-order valence-electron chi connectivity index (χ1n) is 10.5. The molecule has 1 atom stereocenters. The van der Waals surface area contributed by atoms with E-state index in [-0.39, 0.29) is 41.5 Å². The highest BCUT2D eigenvalue weighted by atomic mass is 19.3. The topological polar surface area (TPSA) is 81.0 Å². The number of anilines is 1. The van der Waals surface area contributed by atoms with E-state index in [1.807, 2.05) is 7.05 Å². The summed E-state index contributed by atoms with van der Waals surface area (Å²) < 4.78 is 54.9. The van der Waals surface area contributed by atoms with Gasteiger partial charge < -0.3 is 19.7 Å². The van der Waals surface area contributed by atoms with Crippen LogP contribution in [-0.2, 0) is 6.54 Å². The van der Waals surface area contributed by atoms with Crippen LogP contribution >= 0.6 is 0 Å². The van der Waals surface area contributed by atoms with Crippen LogP contribution in [-0.4, -0.2) is 59.2 Å². The van der Waals surface area contributed by atoms with Crippen LogP contribution in [0, 0.1) is 5.82 Å². The number of fused-ring (bicyclic) bond motifs is 2. The molecule has 1 N–H and O–H groups in total. The average Bonchev–Trinajstić information content (AvgIpc) is 3.48. The second kappa shape index (κ2) is 8.22. The monoisotopic (exact) mass is 461 g/mol. The molecule has 3 heterocycles. The Hall–Kier alpha value is -3.34. The summed E-state index contributed by atoms with van der Waals surface area (Å²) in [5.74, 6) is 0.285. The second-order valence-corrected chi connectivity index (χ2v) is 8.33. The molecule has 8 nitrogen and oxygen atoms in total. The van der Waals surface area contributed by atoms with Gasteiger partial charge in [0.25, 0.3) is 6.43 Å². The summed E-state index contributed by atoms with van der Waals surface area (Å²) in [5.41, 5.74) is 0.732. The van der Waals surface area contributed by atoms with E-state index < -0.39 is 18.3 Å². The molecule has 1 aliphatic carbocycles. The molecule has 1 fully saturated rings. The number of aldehydes is 1. The number of nitrogens with zero attached hydrogens (tertiary/aromatic N) is 4. The number of ether oxygens (including phenoxy) is 2. The van der Waals surface area contributed by atoms with Gasteiger partial charge in [-0.1, -0.05) is 0 Å². The number of hydrogen-bond donors (Lipinski definition) is 1. The molecule has 3 aromatic rings. The van der Waals surface area contributed by atoms with Crippen LogP contribution in [0.15, 0.2) is 30.6 Å². The number of rotatable bonds is 8. The summed E-state index contributed by atoms with van der Waals surface area (Å²) in [6.07, 6.45) is 2.61. The van der Waals surface area contributed by atoms with Gasteiger partial charge in [0.15, 0.2) is 23.5 Å². The normalized spacial score (nSPS) is 18.8. The van der Waals surface area contributed by atoms with Crippen molar-refractivity contribution in [1.29, 1.82) is 0 Å². The maximum absolute atomic E-state index is 14.1. The second-order valence-electron chi connectivity index (χ2n) is 8.33. The van der Waals surface area contributed by atoms with E-state index in [4.69, 9.17) is 9.47 Å². The van der Waals surface area contributed by atoms with Crippen LogP contribution in [0.5, 0.6) is 11.5 Å². The number of halogens is 3. The number of carbonyl (C=O) groups excluding carboxylic acids is 1. The number of alkyl halides is 2. The van der Waals surface area contributed by atoms with Gasteiger partial charge in [-0.2, -0.15) is 5.10 Å². The lowest BCUT2D eigenvalue weighted by Crippen LogP contribution is -2.47. The molecule has 0 radical (unpaired) electrons. The first kappa shape index (κ1) is 21.5. The van der Waals surface area contributed by atoms with E-state index in [0.29, 0.717) is 24.2 Å². The van der Waals surface area contributed by atoms with Crippen molar-refractivity contribution in [2.24, 2.45) is 0 Å². The van der Waals surface area contributed by atoms with Gasteiger partial charge in [-0.25, -0.2) is 22.7 Å². The van der Waals surface area contributed by atoms with Crippen molar-refractivity contribution in [2.75, 3.05) is 25.2 Å². The van der Waals surface area contributed by atoms with Gasteiger partial charge in [-0.05, 0) is 38.1 Å². The standard InChI is InChI=1S/C22H22F3N5O3/c1-26-22(4-5-22)12-33-17-3-2-15(23)6-13(17)8-29-16(19(24)25)11-32-18-9-30-20(28-21(18)29)14(10-31)7-27-30/h2-3,6-7,9-10,16,19,26H,4-5,8,11-12H2,1H3. The molecule has 0 spiro atoms. The van der Waals surface area contributed by atoms with Crippen molar-refractivity contribution >= 4 is 17.8 Å². The van der Waals surface area contributed by atoms with Gasteiger partial charge in [0.1, 0.15) is 30.8 Å². The van der Waals surface area contributed by atoms with Crippen molar-refractivity contribution in [2.45, 2.75) is 37.4 Å². The Morgan fingerprint density at radius 1 is 1.39 bits per heavy atom. The molecule has 174 valence electrons. The number of carbonyl (C=O) groups is 1. The van der Waals surface area contributed by atoms with Gasteiger partial charge in [0.2, 0.25) is 0 Å². The fraction of sp³-hybridized carbons (Fsp3) is 0.409. The Morgan fingerprint density at radius 3 is 2.91 bits per heavy atom. The third-order valence-electron chi connectivity index (χ3n) is 6.22. The third-order valence-corrected chi connectivity index (χ3v) is 6.22. The zero-order valence-corrected chi connectivity index (χ0v) is 17.8. The number of benzene rings is 1. The first-order valence-corrected chi connectivity index (χ1v) is 10.5. The molecule has 1 aliphatic heterocycles. The number of likely N-dealkylation sites (N-methyl/N-ethyl adjacent to an activating group) is 1. The predicted molar refractivity (Wildman–Crippen MR) is 113 cm³/mol. The van der Waals surface area contributed by atoms with E-state index in [1.165, 1.54) is 40.0 Å². The summed E-state index contributed by atoms with van der Waals surface area (Å²) in [6.45, 7) is 0.0181. The minimum Gasteiger partial charge on any atom is -0.491 e. The van der Waals surface area contributed by atoms with Crippen LogP contribution in [0.25, 0.3) is 5.65 Å². The smallest absolute Gasteiger partial charge is 0.261 e. The molecule has 1 saturated carbocycles. The molecule has 1 aromatic carbocycles. The molecular formula is C22H22F3N5O3. The van der Waals surface area contributed by atoms with E-state index in [9.17, 15) is 18.0 Å². The molecule has 11 heteroatoms. The summed E-state index contributed by atoms with van der Waals surface area (Å²) in [7, 11) is 1.86. The van der Waals surface area contributed by atoms with Crippen LogP contribution in [0.1, 0.15) is 28.8 Å². The quantitative estimate of drug-likeness (QED) is 0.517. The van der Waals surface area contributed by atoms with Crippen molar-refractivity contribution in [3.8, 4) is 11.5 Å². The van der Waals surface area contributed by atoms with Gasteiger partial charge in [0.05, 0.1) is 23.5 Å². The molecule has 0 bridgehead atoms. The SMILES string of the molecule is CNC1(COc2ccc(F)cc2CN2c3nc4c(C=O)cnn4cc3OCC2C(F)F)CC1. The molecule has 33 heavy (non-hydrogen) atoms. The minimum absolute atomic E-state index is 0.0846. The van der Waals surface area contributed by atoms with Crippen molar-refractivity contribution in [1.82, 2.24) is 19.9 Å². The zero-order chi connectivity index (χ0) is 23.2. The number of aromatic nitrogens is 3. The van der Waals surface area contributed by atoms with Gasteiger partial charge in [-0.15, -0.1) is 0 Å². The highest BCUT2D eigenvalue weighted by Gasteiger charge is 2.42. The van der Waals surface area contributed by atoms with Crippen LogP contribution in [0.4, 0.5) is 19.0 Å². The molecule has 5 rings (SSSR count). The Balaban J connectivity index is 1.52. The summed E-state index contributed by atoms with van der Waals surface area (Å²) in [5, 5.41) is 7.27. The predicted octanol–water partition coefficient (Wildman–Crippen LogP) is 2.84. The average molecular weight is 461 g/mol. The molecule has 0 saturated heterocycles. The molecule has 1 unspecified atom stereocenters. The van der Waals surface area contributed by atoms with Crippen molar-refractivity contribution in [3.05, 3.63) is 47.5 Å². The van der Waals surface area contributed by atoms with Crippen LogP contribution in [0.2, 0.25) is 0 Å². The van der Waals surface area contributed by atoms with E-state index in [2.05, 4.69) is 15.4 Å². The summed E-state index contributed by atoms with van der Waals surface area (Å²) in [4.78, 5) is 17.1. The van der Waals surface area contributed by atoms with Gasteiger partial charge in [0, 0.05) is 12.1 Å². The largest absolute Gasteiger partial charge is 0.491 e. The fourth-order valence-corrected chi connectivity index (χ4v) is 3.95. The van der Waals surface area contributed by atoms with E-state index in [0.717, 1.165) is 12.8 Å². The molecule has 0 amide bonds. The molecule has 2 aliphatic rings. The van der Waals surface area contributed by atoms with Crippen molar-refractivity contribution < 1.29 is 27.4 Å². The fourth-order valence-electron chi connectivity index (χ4n) is 3.95. The van der Waals surface area contributed by atoms with E-state index >= 15 is 0 Å². The van der Waals surface area contributed by atoms with E-state index in [1.54, 1.807) is 0 Å². The minimum atomic E-state index is -2.75. The Bertz CT molecular complexity index is 1200. The zero-order valence-electron chi connectivity index (χ0n) is 17.8. The van der Waals surface area contributed by atoms with Crippen LogP contribution < -0.4 is 19.7 Å². The Kier molecular flexibility index (Phi) is 5.35. The van der Waals surface area contributed by atoms with Crippen LogP contribution in [0.3, 0.4) is 0 Å². The van der Waals surface area contributed by atoms with Gasteiger partial charge in [-0.3, -0.25) is 4.79 Å². The summed E-state index contributed by atoms with van der Waals surface area (Å²) in [6, 6.07) is 2.74. The highest BCUT2D eigenvalue weighted by Crippen LogP contribution is 2.38. The number of nitrogens with one attached hydrogen (secondary N) is 1. The Labute approximate surface area is 187 Å². The van der Waals surface area contributed by atoms with Gasteiger partial charge >= 0.3 is 0 Å². The Morgan fingerprint density at radius 2 is 2.21 bits per heavy atom. The maximum atomic E-state index is 14.1. The first-order chi connectivity index (χ1) is 15.9.